The molecular weight excluding hydrogens is 233 g/mol. The van der Waals surface area contributed by atoms with E-state index in [1.807, 2.05) is 5.43 Å². The van der Waals surface area contributed by atoms with E-state index in [0.29, 0.717) is 0 Å². The van der Waals surface area contributed by atoms with Crippen molar-refractivity contribution in [2.45, 2.75) is 6.18 Å². The topological polar surface area (TPSA) is 47.3 Å². The number of nitrogens with two attached hydrogens (primary N) is 1. The molecule has 0 aromatic heterocycles. The molecule has 0 atom stereocenters. The molecule has 0 bridgehead atoms. The number of rotatable bonds is 2. The number of halogens is 4. The van der Waals surface area contributed by atoms with Crippen molar-refractivity contribution in [1.29, 1.82) is 0 Å². The summed E-state index contributed by atoms with van der Waals surface area (Å²) in [5.41, 5.74) is 0.948. The van der Waals surface area contributed by atoms with Crippen LogP contribution in [0.2, 0.25) is 0 Å². The van der Waals surface area contributed by atoms with Crippen molar-refractivity contribution in [3.8, 4) is 5.75 Å². The molecule has 15 heavy (non-hydrogen) atoms. The SMILES string of the molecule is COc1ccc(NN)c(C(F)(F)F)c1.Cl. The van der Waals surface area contributed by atoms with Gasteiger partial charge in [0.05, 0.1) is 18.4 Å². The van der Waals surface area contributed by atoms with Crippen LogP contribution in [0.1, 0.15) is 5.56 Å². The second-order valence-corrected chi connectivity index (χ2v) is 2.55. The fourth-order valence-electron chi connectivity index (χ4n) is 1.01. The van der Waals surface area contributed by atoms with Crippen molar-refractivity contribution < 1.29 is 17.9 Å². The summed E-state index contributed by atoms with van der Waals surface area (Å²) in [5, 5.41) is 0. The molecule has 0 heterocycles. The highest BCUT2D eigenvalue weighted by Gasteiger charge is 2.33. The lowest BCUT2D eigenvalue weighted by molar-refractivity contribution is -0.137. The van der Waals surface area contributed by atoms with Crippen LogP contribution >= 0.6 is 12.4 Å². The largest absolute Gasteiger partial charge is 0.497 e. The Morgan fingerprint density at radius 2 is 1.93 bits per heavy atom. The number of nitrogen functional groups attached to an aromatic ring is 1. The van der Waals surface area contributed by atoms with Gasteiger partial charge < -0.3 is 10.2 Å². The third kappa shape index (κ3) is 3.17. The Kier molecular flexibility index (Phi) is 4.70. The smallest absolute Gasteiger partial charge is 0.418 e. The average Bonchev–Trinajstić information content (AvgIpc) is 2.15. The molecule has 0 aliphatic rings. The van der Waals surface area contributed by atoms with Gasteiger partial charge in [0.25, 0.3) is 0 Å². The Balaban J connectivity index is 0.00000196. The van der Waals surface area contributed by atoms with Gasteiger partial charge in [-0.15, -0.1) is 12.4 Å². The third-order valence-electron chi connectivity index (χ3n) is 1.69. The summed E-state index contributed by atoms with van der Waals surface area (Å²) < 4.78 is 41.9. The van der Waals surface area contributed by atoms with Gasteiger partial charge in [-0.25, -0.2) is 0 Å². The van der Waals surface area contributed by atoms with Gasteiger partial charge in [-0.1, -0.05) is 0 Å². The number of hydrazine groups is 1. The quantitative estimate of drug-likeness (QED) is 0.619. The Morgan fingerprint density at radius 1 is 1.33 bits per heavy atom. The van der Waals surface area contributed by atoms with E-state index in [4.69, 9.17) is 5.84 Å². The summed E-state index contributed by atoms with van der Waals surface area (Å²) in [6.45, 7) is 0. The highest BCUT2D eigenvalue weighted by atomic mass is 35.5. The van der Waals surface area contributed by atoms with Crippen LogP contribution in [0.15, 0.2) is 18.2 Å². The molecule has 1 aromatic rings. The molecule has 3 N–H and O–H groups in total. The van der Waals surface area contributed by atoms with E-state index in [0.717, 1.165) is 6.07 Å². The Morgan fingerprint density at radius 3 is 2.33 bits per heavy atom. The number of nitrogens with one attached hydrogen (secondary N) is 1. The van der Waals surface area contributed by atoms with Crippen LogP contribution in [0.4, 0.5) is 18.9 Å². The van der Waals surface area contributed by atoms with Crippen molar-refractivity contribution in [3.63, 3.8) is 0 Å². The normalized spacial score (nSPS) is 10.5. The minimum absolute atomic E-state index is 0. The van der Waals surface area contributed by atoms with E-state index in [1.54, 1.807) is 0 Å². The zero-order valence-corrected chi connectivity index (χ0v) is 8.58. The number of hydrogen-bond donors (Lipinski definition) is 2. The molecule has 0 radical (unpaired) electrons. The maximum Gasteiger partial charge on any atom is 0.418 e. The van der Waals surface area contributed by atoms with Crippen LogP contribution in [-0.2, 0) is 6.18 Å². The van der Waals surface area contributed by atoms with Crippen LogP contribution in [0, 0.1) is 0 Å². The predicted molar refractivity (Wildman–Crippen MR) is 53.1 cm³/mol. The standard InChI is InChI=1S/C8H9F3N2O.ClH/c1-14-5-2-3-7(13-12)6(4-5)8(9,10)11;/h2-4,13H,12H2,1H3;1H. The Bertz CT molecular complexity index is 330. The first kappa shape index (κ1) is 13.9. The number of benzene rings is 1. The van der Waals surface area contributed by atoms with Crippen molar-refractivity contribution in [2.75, 3.05) is 12.5 Å². The predicted octanol–water partition coefficient (Wildman–Crippen LogP) is 2.42. The van der Waals surface area contributed by atoms with E-state index in [2.05, 4.69) is 4.74 Å². The lowest BCUT2D eigenvalue weighted by Crippen LogP contribution is -2.14. The van der Waals surface area contributed by atoms with Gasteiger partial charge in [-0.3, -0.25) is 5.84 Å². The van der Waals surface area contributed by atoms with Gasteiger partial charge in [0.15, 0.2) is 0 Å². The molecule has 0 amide bonds. The van der Waals surface area contributed by atoms with Gasteiger partial charge in [-0.05, 0) is 18.2 Å². The van der Waals surface area contributed by atoms with Crippen LogP contribution < -0.4 is 16.0 Å². The second kappa shape index (κ2) is 5.09. The number of alkyl halides is 3. The minimum atomic E-state index is -4.45. The number of anilines is 1. The number of ether oxygens (including phenoxy) is 1. The van der Waals surface area contributed by atoms with Gasteiger partial charge in [0.1, 0.15) is 5.75 Å². The molecule has 1 rings (SSSR count). The van der Waals surface area contributed by atoms with Gasteiger partial charge in [-0.2, -0.15) is 13.2 Å². The van der Waals surface area contributed by atoms with Crippen LogP contribution in [0.5, 0.6) is 5.75 Å². The summed E-state index contributed by atoms with van der Waals surface area (Å²) in [6.07, 6.45) is -4.45. The summed E-state index contributed by atoms with van der Waals surface area (Å²) in [7, 11) is 1.30. The van der Waals surface area contributed by atoms with Crippen LogP contribution in [0.25, 0.3) is 0 Å². The van der Waals surface area contributed by atoms with Crippen LogP contribution in [-0.4, -0.2) is 7.11 Å². The van der Waals surface area contributed by atoms with Crippen LogP contribution in [0.3, 0.4) is 0 Å². The summed E-state index contributed by atoms with van der Waals surface area (Å²) in [4.78, 5) is 0. The van der Waals surface area contributed by atoms with E-state index >= 15 is 0 Å². The molecule has 0 saturated carbocycles. The molecule has 0 saturated heterocycles. The zero-order valence-electron chi connectivity index (χ0n) is 7.76. The average molecular weight is 243 g/mol. The van der Waals surface area contributed by atoms with E-state index in [1.165, 1.54) is 19.2 Å². The van der Waals surface area contributed by atoms with Crippen molar-refractivity contribution >= 4 is 18.1 Å². The summed E-state index contributed by atoms with van der Waals surface area (Å²) in [5.74, 6) is 5.08. The first-order valence-corrected chi connectivity index (χ1v) is 3.71. The molecule has 0 spiro atoms. The van der Waals surface area contributed by atoms with E-state index < -0.39 is 11.7 Å². The second-order valence-electron chi connectivity index (χ2n) is 2.55. The summed E-state index contributed by atoms with van der Waals surface area (Å²) >= 11 is 0. The molecule has 86 valence electrons. The molecule has 0 aliphatic heterocycles. The highest BCUT2D eigenvalue weighted by molar-refractivity contribution is 5.85. The molecule has 0 unspecified atom stereocenters. The molecular formula is C8H10ClF3N2O. The first-order chi connectivity index (χ1) is 6.49. The molecule has 0 fully saturated rings. The van der Waals surface area contributed by atoms with E-state index in [9.17, 15) is 13.2 Å². The first-order valence-electron chi connectivity index (χ1n) is 3.71. The fourth-order valence-corrected chi connectivity index (χ4v) is 1.01. The summed E-state index contributed by atoms with van der Waals surface area (Å²) in [6, 6.07) is 3.49. The molecule has 3 nitrogen and oxygen atoms in total. The van der Waals surface area contributed by atoms with Crippen molar-refractivity contribution in [1.82, 2.24) is 0 Å². The van der Waals surface area contributed by atoms with Gasteiger partial charge in [0.2, 0.25) is 0 Å². The molecule has 1 aromatic carbocycles. The zero-order chi connectivity index (χ0) is 10.8. The van der Waals surface area contributed by atoms with Crippen molar-refractivity contribution in [2.24, 2.45) is 5.84 Å². The third-order valence-corrected chi connectivity index (χ3v) is 1.69. The monoisotopic (exact) mass is 242 g/mol. The van der Waals surface area contributed by atoms with Gasteiger partial charge in [0, 0.05) is 0 Å². The number of methoxy groups -OCH3 is 1. The molecule has 0 aliphatic carbocycles. The maximum atomic E-state index is 12.4. The lowest BCUT2D eigenvalue weighted by atomic mass is 10.1. The Labute approximate surface area is 90.8 Å². The minimum Gasteiger partial charge on any atom is -0.497 e. The maximum absolute atomic E-state index is 12.4. The van der Waals surface area contributed by atoms with E-state index in [-0.39, 0.29) is 23.8 Å². The van der Waals surface area contributed by atoms with Gasteiger partial charge >= 0.3 is 6.18 Å². The fraction of sp³-hybridized carbons (Fsp3) is 0.250. The van der Waals surface area contributed by atoms with Crippen molar-refractivity contribution in [3.05, 3.63) is 23.8 Å². The Hall–Kier alpha value is -1.14. The highest BCUT2D eigenvalue weighted by Crippen LogP contribution is 2.36. The molecule has 7 heteroatoms. The number of hydrogen-bond acceptors (Lipinski definition) is 3. The lowest BCUT2D eigenvalue weighted by Gasteiger charge is -2.13.